The standard InChI is InChI=1S/C11H20O4.K.Li.2H/c1-5-6-7-11(8(12)13,9(14)15)10(2,3)4;;;;/h5-7H2,1-4H3,(H,12,13)(H,14,15);;;;. The molecule has 0 aromatic carbocycles. The molecule has 0 rings (SSSR count). The molecule has 0 fully saturated rings. The zero-order chi connectivity index (χ0) is 12.3. The topological polar surface area (TPSA) is 74.6 Å². The number of hydrogen-bond donors (Lipinski definition) is 2. The van der Waals surface area contributed by atoms with E-state index in [0.717, 1.165) is 6.42 Å². The zero-order valence-corrected chi connectivity index (χ0v) is 9.83. The SMILES string of the molecule is CCCCC(C(=O)O)(C(=O)O)C(C)(C)C.[KH].[LiH]. The van der Waals surface area contributed by atoms with E-state index in [9.17, 15) is 19.8 Å². The molecule has 0 aliphatic heterocycles. The zero-order valence-electron chi connectivity index (χ0n) is 9.83. The third-order valence-corrected chi connectivity index (χ3v) is 2.92. The second-order valence-electron chi connectivity index (χ2n) is 4.87. The minimum atomic E-state index is -1.68. The molecule has 0 heterocycles. The molecule has 2 N–H and O–H groups in total. The van der Waals surface area contributed by atoms with Crippen LogP contribution in [-0.4, -0.2) is 92.4 Å². The summed E-state index contributed by atoms with van der Waals surface area (Å²) < 4.78 is 0. The van der Waals surface area contributed by atoms with Crippen LogP contribution < -0.4 is 0 Å². The molecule has 17 heavy (non-hydrogen) atoms. The van der Waals surface area contributed by atoms with Gasteiger partial charge in [0.25, 0.3) is 0 Å². The molecule has 0 aliphatic rings. The van der Waals surface area contributed by atoms with Gasteiger partial charge in [0.1, 0.15) is 0 Å². The van der Waals surface area contributed by atoms with Crippen LogP contribution in [0.15, 0.2) is 0 Å². The first-order chi connectivity index (χ1) is 6.70. The molecular weight excluding hydrogens is 242 g/mol. The molecule has 0 aromatic heterocycles. The molecule has 0 aliphatic carbocycles. The van der Waals surface area contributed by atoms with Crippen molar-refractivity contribution in [1.29, 1.82) is 0 Å². The van der Waals surface area contributed by atoms with Crippen LogP contribution in [0.1, 0.15) is 47.0 Å². The van der Waals surface area contributed by atoms with Gasteiger partial charge in [-0.25, -0.2) is 0 Å². The Morgan fingerprint density at radius 3 is 1.59 bits per heavy atom. The van der Waals surface area contributed by atoms with E-state index in [2.05, 4.69) is 0 Å². The van der Waals surface area contributed by atoms with E-state index in [1.54, 1.807) is 20.8 Å². The van der Waals surface area contributed by atoms with Crippen LogP contribution in [0.2, 0.25) is 0 Å². The van der Waals surface area contributed by atoms with Crippen molar-refractivity contribution in [3.63, 3.8) is 0 Å². The first-order valence-corrected chi connectivity index (χ1v) is 5.17. The van der Waals surface area contributed by atoms with Gasteiger partial charge in [0.05, 0.1) is 0 Å². The average Bonchev–Trinajstić information content (AvgIpc) is 2.01. The Bertz CT molecular complexity index is 247. The Balaban J connectivity index is -0.000000980. The van der Waals surface area contributed by atoms with E-state index in [1.807, 2.05) is 6.92 Å². The quantitative estimate of drug-likeness (QED) is 0.575. The molecule has 0 amide bonds. The van der Waals surface area contributed by atoms with Gasteiger partial charge in [0.15, 0.2) is 5.41 Å². The maximum absolute atomic E-state index is 11.2. The van der Waals surface area contributed by atoms with E-state index in [0.29, 0.717) is 6.42 Å². The van der Waals surface area contributed by atoms with Gasteiger partial charge < -0.3 is 10.2 Å². The van der Waals surface area contributed by atoms with Crippen molar-refractivity contribution in [3.8, 4) is 0 Å². The summed E-state index contributed by atoms with van der Waals surface area (Å²) in [5, 5.41) is 18.4. The van der Waals surface area contributed by atoms with Crippen molar-refractivity contribution in [2.45, 2.75) is 47.0 Å². The summed E-state index contributed by atoms with van der Waals surface area (Å²) >= 11 is 0. The van der Waals surface area contributed by atoms with Crippen LogP contribution in [-0.2, 0) is 9.59 Å². The fraction of sp³-hybridized carbons (Fsp3) is 0.818. The van der Waals surface area contributed by atoms with Gasteiger partial charge in [0.2, 0.25) is 0 Å². The summed E-state index contributed by atoms with van der Waals surface area (Å²) in [6.45, 7) is 6.89. The summed E-state index contributed by atoms with van der Waals surface area (Å²) in [4.78, 5) is 22.5. The fourth-order valence-corrected chi connectivity index (χ4v) is 1.76. The Morgan fingerprint density at radius 1 is 1.06 bits per heavy atom. The van der Waals surface area contributed by atoms with Crippen LogP contribution in [0.5, 0.6) is 0 Å². The fourth-order valence-electron chi connectivity index (χ4n) is 1.76. The van der Waals surface area contributed by atoms with Crippen molar-refractivity contribution in [2.24, 2.45) is 10.8 Å². The van der Waals surface area contributed by atoms with Crippen molar-refractivity contribution >= 4 is 82.2 Å². The third-order valence-electron chi connectivity index (χ3n) is 2.92. The number of carboxylic acids is 2. The van der Waals surface area contributed by atoms with Crippen molar-refractivity contribution in [2.75, 3.05) is 0 Å². The molecule has 92 valence electrons. The van der Waals surface area contributed by atoms with E-state index < -0.39 is 22.8 Å². The molecule has 0 saturated heterocycles. The second kappa shape index (κ2) is 9.14. The van der Waals surface area contributed by atoms with Gasteiger partial charge in [-0.15, -0.1) is 0 Å². The van der Waals surface area contributed by atoms with Crippen LogP contribution >= 0.6 is 0 Å². The van der Waals surface area contributed by atoms with Crippen molar-refractivity contribution in [1.82, 2.24) is 0 Å². The Labute approximate surface area is 158 Å². The Hall–Kier alpha value is 1.17. The molecule has 4 nitrogen and oxygen atoms in total. The van der Waals surface area contributed by atoms with Gasteiger partial charge >= 0.3 is 82.2 Å². The summed E-state index contributed by atoms with van der Waals surface area (Å²) in [6, 6.07) is 0. The van der Waals surface area contributed by atoms with Crippen LogP contribution in [0.4, 0.5) is 0 Å². The predicted octanol–water partition coefficient (Wildman–Crippen LogP) is 1.08. The molecule has 0 aromatic rings. The van der Waals surface area contributed by atoms with E-state index in [-0.39, 0.29) is 76.7 Å². The van der Waals surface area contributed by atoms with Gasteiger partial charge in [-0.3, -0.25) is 9.59 Å². The number of carbonyl (C=O) groups is 2. The van der Waals surface area contributed by atoms with Gasteiger partial charge in [-0.1, -0.05) is 40.5 Å². The Morgan fingerprint density at radius 2 is 1.41 bits per heavy atom. The third kappa shape index (κ3) is 5.35. The van der Waals surface area contributed by atoms with Crippen LogP contribution in [0.25, 0.3) is 0 Å². The monoisotopic (exact) mass is 264 g/mol. The molecule has 0 saturated carbocycles. The summed E-state index contributed by atoms with van der Waals surface area (Å²) in [5.74, 6) is -2.48. The normalized spacial score (nSPS) is 11.1. The van der Waals surface area contributed by atoms with Crippen molar-refractivity contribution < 1.29 is 19.8 Å². The summed E-state index contributed by atoms with van der Waals surface area (Å²) in [7, 11) is 0. The maximum atomic E-state index is 11.2. The average molecular weight is 264 g/mol. The molecule has 0 spiro atoms. The summed E-state index contributed by atoms with van der Waals surface area (Å²) in [5.41, 5.74) is -2.47. The number of unbranched alkanes of at least 4 members (excludes halogenated alkanes) is 1. The Kier molecular flexibility index (Phi) is 12.5. The van der Waals surface area contributed by atoms with Crippen LogP contribution in [0, 0.1) is 10.8 Å². The van der Waals surface area contributed by atoms with Crippen LogP contribution in [0.3, 0.4) is 0 Å². The van der Waals surface area contributed by atoms with E-state index in [4.69, 9.17) is 0 Å². The summed E-state index contributed by atoms with van der Waals surface area (Å²) in [6.07, 6.45) is 1.58. The number of aliphatic carboxylic acids is 2. The van der Waals surface area contributed by atoms with Gasteiger partial charge in [-0.2, -0.15) is 0 Å². The molecule has 6 heteroatoms. The number of carboxylic acid groups (broad SMARTS) is 2. The second-order valence-corrected chi connectivity index (χ2v) is 4.87. The predicted molar refractivity (Wildman–Crippen MR) is 71.0 cm³/mol. The van der Waals surface area contributed by atoms with Crippen molar-refractivity contribution in [3.05, 3.63) is 0 Å². The van der Waals surface area contributed by atoms with Gasteiger partial charge in [0, 0.05) is 0 Å². The number of rotatable bonds is 5. The van der Waals surface area contributed by atoms with E-state index >= 15 is 0 Å². The molecule has 0 radical (unpaired) electrons. The molecular formula is C11H22KLiO4. The molecule has 0 bridgehead atoms. The number of hydrogen-bond acceptors (Lipinski definition) is 2. The minimum absolute atomic E-state index is 0. The molecule has 0 unspecified atom stereocenters. The van der Waals surface area contributed by atoms with E-state index in [1.165, 1.54) is 0 Å². The van der Waals surface area contributed by atoms with Gasteiger partial charge in [-0.05, 0) is 11.8 Å². The molecule has 0 atom stereocenters. The first kappa shape index (κ1) is 23.3. The first-order valence-electron chi connectivity index (χ1n) is 5.17.